The standard InChI is InChI=1S/C23H27N3O2/c1-3-25(15-17-8-5-4-6-9-17)16-26-21(27)23(2,24-22(26)28)20-13-12-18-10-7-11-19(18)14-20/h4-6,8-9,12-14H,3,7,10-11,15-16H2,1-2H3,(H,24,28)/t23-/m0/s1. The SMILES string of the molecule is CCN(Cc1ccccc1)CN1C(=O)N[C@@](C)(c2ccc3c(c2)CCC3)C1=O. The summed E-state index contributed by atoms with van der Waals surface area (Å²) in [4.78, 5) is 29.4. The second-order valence-corrected chi connectivity index (χ2v) is 7.90. The maximum absolute atomic E-state index is 13.3. The molecule has 5 nitrogen and oxygen atoms in total. The lowest BCUT2D eigenvalue weighted by molar-refractivity contribution is -0.132. The number of imide groups is 1. The van der Waals surface area contributed by atoms with Crippen LogP contribution in [0.1, 0.15) is 42.5 Å². The van der Waals surface area contributed by atoms with E-state index in [1.54, 1.807) is 0 Å². The summed E-state index contributed by atoms with van der Waals surface area (Å²) in [5, 5.41) is 2.94. The molecular formula is C23H27N3O2. The second kappa shape index (κ2) is 7.40. The number of fused-ring (bicyclic) bond motifs is 1. The molecule has 146 valence electrons. The van der Waals surface area contributed by atoms with Gasteiger partial charge >= 0.3 is 6.03 Å². The Morgan fingerprint density at radius 1 is 1.07 bits per heavy atom. The van der Waals surface area contributed by atoms with Crippen molar-refractivity contribution in [1.29, 1.82) is 0 Å². The van der Waals surface area contributed by atoms with Crippen molar-refractivity contribution < 1.29 is 9.59 Å². The summed E-state index contributed by atoms with van der Waals surface area (Å²) >= 11 is 0. The Hall–Kier alpha value is -2.66. The summed E-state index contributed by atoms with van der Waals surface area (Å²) in [6.45, 7) is 5.60. The Morgan fingerprint density at radius 3 is 2.57 bits per heavy atom. The molecule has 1 aliphatic carbocycles. The van der Waals surface area contributed by atoms with E-state index in [-0.39, 0.29) is 18.6 Å². The van der Waals surface area contributed by atoms with Gasteiger partial charge in [0.1, 0.15) is 5.54 Å². The molecular weight excluding hydrogens is 350 g/mol. The number of hydrogen-bond acceptors (Lipinski definition) is 3. The van der Waals surface area contributed by atoms with Crippen LogP contribution in [-0.2, 0) is 29.7 Å². The van der Waals surface area contributed by atoms with E-state index in [2.05, 4.69) is 34.5 Å². The van der Waals surface area contributed by atoms with Gasteiger partial charge in [0.05, 0.1) is 6.67 Å². The van der Waals surface area contributed by atoms with Gasteiger partial charge in [0.15, 0.2) is 0 Å². The molecule has 2 aliphatic rings. The summed E-state index contributed by atoms with van der Waals surface area (Å²) in [6, 6.07) is 16.0. The summed E-state index contributed by atoms with van der Waals surface area (Å²) in [5.74, 6) is -0.179. The van der Waals surface area contributed by atoms with E-state index in [0.717, 1.165) is 36.9 Å². The number of aryl methyl sites for hydroxylation is 2. The van der Waals surface area contributed by atoms with Gasteiger partial charge in [-0.1, -0.05) is 55.5 Å². The minimum Gasteiger partial charge on any atom is -0.319 e. The highest BCUT2D eigenvalue weighted by Gasteiger charge is 2.49. The Balaban J connectivity index is 1.53. The van der Waals surface area contributed by atoms with E-state index in [0.29, 0.717) is 6.54 Å². The number of nitrogens with zero attached hydrogens (tertiary/aromatic N) is 2. The quantitative estimate of drug-likeness (QED) is 0.785. The molecule has 0 unspecified atom stereocenters. The normalized spacial score (nSPS) is 21.3. The van der Waals surface area contributed by atoms with Gasteiger partial charge in [-0.2, -0.15) is 0 Å². The van der Waals surface area contributed by atoms with Gasteiger partial charge in [-0.3, -0.25) is 9.69 Å². The van der Waals surface area contributed by atoms with Crippen LogP contribution in [0.15, 0.2) is 48.5 Å². The van der Waals surface area contributed by atoms with Gasteiger partial charge in [0, 0.05) is 6.54 Å². The minimum atomic E-state index is -0.999. The topological polar surface area (TPSA) is 52.6 Å². The molecule has 0 bridgehead atoms. The van der Waals surface area contributed by atoms with Crippen LogP contribution >= 0.6 is 0 Å². The number of nitrogens with one attached hydrogen (secondary N) is 1. The number of amides is 3. The average Bonchev–Trinajstić information content (AvgIpc) is 3.26. The summed E-state index contributed by atoms with van der Waals surface area (Å²) in [5.41, 5.74) is 3.71. The highest BCUT2D eigenvalue weighted by Crippen LogP contribution is 2.32. The molecule has 1 atom stereocenters. The Bertz CT molecular complexity index is 896. The zero-order valence-corrected chi connectivity index (χ0v) is 16.6. The van der Waals surface area contributed by atoms with Gasteiger partial charge in [-0.25, -0.2) is 9.69 Å². The molecule has 5 heteroatoms. The van der Waals surface area contributed by atoms with Crippen LogP contribution in [0.3, 0.4) is 0 Å². The maximum atomic E-state index is 13.3. The van der Waals surface area contributed by atoms with Crippen LogP contribution in [0.25, 0.3) is 0 Å². The molecule has 1 fully saturated rings. The van der Waals surface area contributed by atoms with Crippen LogP contribution in [0.5, 0.6) is 0 Å². The van der Waals surface area contributed by atoms with E-state index in [9.17, 15) is 9.59 Å². The van der Waals surface area contributed by atoms with Crippen LogP contribution in [0.2, 0.25) is 0 Å². The molecule has 1 N–H and O–H groups in total. The van der Waals surface area contributed by atoms with E-state index in [4.69, 9.17) is 0 Å². The molecule has 1 aliphatic heterocycles. The minimum absolute atomic E-state index is 0.179. The van der Waals surface area contributed by atoms with Crippen LogP contribution in [-0.4, -0.2) is 35.0 Å². The highest BCUT2D eigenvalue weighted by molar-refractivity contribution is 6.07. The van der Waals surface area contributed by atoms with E-state index < -0.39 is 5.54 Å². The zero-order valence-electron chi connectivity index (χ0n) is 16.6. The van der Waals surface area contributed by atoms with Crippen LogP contribution in [0.4, 0.5) is 4.79 Å². The molecule has 28 heavy (non-hydrogen) atoms. The Kier molecular flexibility index (Phi) is 4.94. The van der Waals surface area contributed by atoms with Crippen molar-refractivity contribution in [1.82, 2.24) is 15.1 Å². The highest BCUT2D eigenvalue weighted by atomic mass is 16.2. The number of carbonyl (C=O) groups excluding carboxylic acids is 2. The smallest absolute Gasteiger partial charge is 0.319 e. The third-order valence-corrected chi connectivity index (χ3v) is 5.99. The Morgan fingerprint density at radius 2 is 1.82 bits per heavy atom. The average molecular weight is 377 g/mol. The van der Waals surface area contributed by atoms with Crippen molar-refractivity contribution in [3.63, 3.8) is 0 Å². The van der Waals surface area contributed by atoms with Crippen molar-refractivity contribution in [3.05, 3.63) is 70.8 Å². The van der Waals surface area contributed by atoms with Crippen LogP contribution < -0.4 is 5.32 Å². The molecule has 0 saturated carbocycles. The lowest BCUT2D eigenvalue weighted by Crippen LogP contribution is -2.43. The maximum Gasteiger partial charge on any atom is 0.326 e. The third-order valence-electron chi connectivity index (χ3n) is 5.99. The van der Waals surface area contributed by atoms with Gasteiger partial charge in [-0.05, 0) is 55.0 Å². The number of carbonyl (C=O) groups is 2. The molecule has 3 amide bonds. The molecule has 0 spiro atoms. The summed E-state index contributed by atoms with van der Waals surface area (Å²) < 4.78 is 0. The fourth-order valence-electron chi connectivity index (χ4n) is 4.21. The second-order valence-electron chi connectivity index (χ2n) is 7.90. The number of urea groups is 1. The van der Waals surface area contributed by atoms with Gasteiger partial charge in [0.2, 0.25) is 0 Å². The first kappa shape index (κ1) is 18.7. The fourth-order valence-corrected chi connectivity index (χ4v) is 4.21. The zero-order chi connectivity index (χ0) is 19.7. The molecule has 0 radical (unpaired) electrons. The van der Waals surface area contributed by atoms with Crippen molar-refractivity contribution >= 4 is 11.9 Å². The molecule has 1 heterocycles. The predicted octanol–water partition coefficient (Wildman–Crippen LogP) is 3.42. The van der Waals surface area contributed by atoms with Crippen molar-refractivity contribution in [2.45, 2.75) is 45.2 Å². The van der Waals surface area contributed by atoms with Gasteiger partial charge in [-0.15, -0.1) is 0 Å². The van der Waals surface area contributed by atoms with Gasteiger partial charge in [0.25, 0.3) is 5.91 Å². The van der Waals surface area contributed by atoms with Crippen LogP contribution in [0, 0.1) is 0 Å². The summed E-state index contributed by atoms with van der Waals surface area (Å²) in [6.07, 6.45) is 3.31. The van der Waals surface area contributed by atoms with Gasteiger partial charge < -0.3 is 5.32 Å². The number of hydrogen-bond donors (Lipinski definition) is 1. The fraction of sp³-hybridized carbons (Fsp3) is 0.391. The first-order chi connectivity index (χ1) is 13.5. The number of benzene rings is 2. The van der Waals surface area contributed by atoms with Crippen molar-refractivity contribution in [2.24, 2.45) is 0 Å². The number of rotatable bonds is 6. The molecule has 1 saturated heterocycles. The monoisotopic (exact) mass is 377 g/mol. The van der Waals surface area contributed by atoms with Crippen molar-refractivity contribution in [3.8, 4) is 0 Å². The predicted molar refractivity (Wildman–Crippen MR) is 109 cm³/mol. The van der Waals surface area contributed by atoms with E-state index >= 15 is 0 Å². The first-order valence-corrected chi connectivity index (χ1v) is 10.0. The lowest BCUT2D eigenvalue weighted by Gasteiger charge is -2.26. The molecule has 2 aromatic rings. The molecule has 0 aromatic heterocycles. The van der Waals surface area contributed by atoms with Crippen molar-refractivity contribution in [2.75, 3.05) is 13.2 Å². The molecule has 2 aromatic carbocycles. The lowest BCUT2D eigenvalue weighted by atomic mass is 9.90. The van der Waals surface area contributed by atoms with E-state index in [1.165, 1.54) is 16.0 Å². The van der Waals surface area contributed by atoms with E-state index in [1.807, 2.05) is 38.1 Å². The molecule has 4 rings (SSSR count). The first-order valence-electron chi connectivity index (χ1n) is 10.0. The Labute approximate surface area is 166 Å². The summed E-state index contributed by atoms with van der Waals surface area (Å²) in [7, 11) is 0. The largest absolute Gasteiger partial charge is 0.326 e. The third kappa shape index (κ3) is 3.31.